The van der Waals surface area contributed by atoms with Crippen LogP contribution in [0.25, 0.3) is 0 Å². The minimum atomic E-state index is -1.11. The number of amides is 2. The zero-order chi connectivity index (χ0) is 26.3. The third-order valence-electron chi connectivity index (χ3n) is 6.33. The molecule has 2 heterocycles. The van der Waals surface area contributed by atoms with Crippen molar-refractivity contribution in [2.24, 2.45) is 5.92 Å². The van der Waals surface area contributed by atoms with Gasteiger partial charge in [-0.15, -0.1) is 0 Å². The molecule has 2 aliphatic heterocycles. The number of hydrogen-bond donors (Lipinski definition) is 0. The van der Waals surface area contributed by atoms with Crippen LogP contribution in [0.15, 0.2) is 71.2 Å². The maximum atomic E-state index is 13.8. The number of non-ortho nitro benzene ring substituents is 1. The number of carbonyl (C=O) groups is 2. The van der Waals surface area contributed by atoms with Crippen molar-refractivity contribution in [3.05, 3.63) is 86.9 Å². The predicted octanol–water partition coefficient (Wildman–Crippen LogP) is 4.82. The third kappa shape index (κ3) is 4.30. The van der Waals surface area contributed by atoms with Crippen LogP contribution in [0, 0.1) is 16.0 Å². The Bertz CT molecular complexity index is 1380. The van der Waals surface area contributed by atoms with Crippen LogP contribution >= 0.6 is 15.9 Å². The Morgan fingerprint density at radius 2 is 1.78 bits per heavy atom. The van der Waals surface area contributed by atoms with Gasteiger partial charge in [-0.25, -0.2) is 9.96 Å². The highest BCUT2D eigenvalue weighted by molar-refractivity contribution is 9.10. The highest BCUT2D eigenvalue weighted by Crippen LogP contribution is 2.48. The van der Waals surface area contributed by atoms with Gasteiger partial charge >= 0.3 is 0 Å². The molecule has 2 saturated heterocycles. The van der Waals surface area contributed by atoms with Gasteiger partial charge in [-0.05, 0) is 70.9 Å². The van der Waals surface area contributed by atoms with E-state index in [0.29, 0.717) is 39.5 Å². The standard InChI is InChI=1S/C26H22BrN3O7/c1-3-36-19-10-8-16(9-11-19)28-25(31)22-23(15-7-12-21(35-2)20(27)13-15)29(37-24(22)26(28)32)17-5-4-6-18(14-17)30(33)34/h4-14,22-24H,3H2,1-2H3/t22-,23+,24+/m0/s1. The van der Waals surface area contributed by atoms with Crippen molar-refractivity contribution in [2.45, 2.75) is 19.1 Å². The third-order valence-corrected chi connectivity index (χ3v) is 6.95. The summed E-state index contributed by atoms with van der Waals surface area (Å²) in [4.78, 5) is 45.4. The molecule has 0 N–H and O–H groups in total. The maximum Gasteiger partial charge on any atom is 0.271 e. The molecule has 0 radical (unpaired) electrons. The number of hydroxylamine groups is 1. The summed E-state index contributed by atoms with van der Waals surface area (Å²) in [5, 5.41) is 12.8. The molecular formula is C26H22BrN3O7. The van der Waals surface area contributed by atoms with Crippen LogP contribution in [0.2, 0.25) is 0 Å². The number of hydrogen-bond acceptors (Lipinski definition) is 8. The van der Waals surface area contributed by atoms with Gasteiger partial charge in [0.25, 0.3) is 11.6 Å². The van der Waals surface area contributed by atoms with Crippen LogP contribution < -0.4 is 19.4 Å². The molecule has 0 saturated carbocycles. The number of halogens is 1. The Labute approximate surface area is 220 Å². The second-order valence-corrected chi connectivity index (χ2v) is 9.29. The lowest BCUT2D eigenvalue weighted by atomic mass is 9.90. The van der Waals surface area contributed by atoms with E-state index in [1.807, 2.05) is 6.92 Å². The van der Waals surface area contributed by atoms with E-state index < -0.39 is 34.8 Å². The Morgan fingerprint density at radius 1 is 1.03 bits per heavy atom. The minimum Gasteiger partial charge on any atom is -0.496 e. The largest absolute Gasteiger partial charge is 0.496 e. The Kier molecular flexibility index (Phi) is 6.57. The maximum absolute atomic E-state index is 13.8. The number of nitro benzene ring substituents is 1. The first kappa shape index (κ1) is 24.7. The molecular weight excluding hydrogens is 546 g/mol. The fraction of sp³-hybridized carbons (Fsp3) is 0.231. The topological polar surface area (TPSA) is 111 Å². The van der Waals surface area contributed by atoms with Gasteiger partial charge in [0.1, 0.15) is 17.4 Å². The fourth-order valence-corrected chi connectivity index (χ4v) is 5.26. The van der Waals surface area contributed by atoms with Crippen LogP contribution in [0.5, 0.6) is 11.5 Å². The first-order valence-electron chi connectivity index (χ1n) is 11.5. The molecule has 3 aromatic carbocycles. The van der Waals surface area contributed by atoms with Crippen molar-refractivity contribution in [1.29, 1.82) is 0 Å². The van der Waals surface area contributed by atoms with Gasteiger partial charge < -0.3 is 9.47 Å². The van der Waals surface area contributed by atoms with Crippen molar-refractivity contribution >= 4 is 44.8 Å². The number of nitrogens with zero attached hydrogens (tertiary/aromatic N) is 3. The lowest BCUT2D eigenvalue weighted by Gasteiger charge is -2.29. The van der Waals surface area contributed by atoms with Crippen molar-refractivity contribution in [3.8, 4) is 11.5 Å². The molecule has 2 fully saturated rings. The molecule has 11 heteroatoms. The van der Waals surface area contributed by atoms with Crippen LogP contribution in [0.3, 0.4) is 0 Å². The van der Waals surface area contributed by atoms with Crippen molar-refractivity contribution in [2.75, 3.05) is 23.7 Å². The van der Waals surface area contributed by atoms with Gasteiger partial charge in [0.05, 0.1) is 40.5 Å². The zero-order valence-electron chi connectivity index (χ0n) is 19.9. The molecule has 10 nitrogen and oxygen atoms in total. The van der Waals surface area contributed by atoms with Crippen molar-refractivity contribution in [1.82, 2.24) is 0 Å². The number of fused-ring (bicyclic) bond motifs is 1. The van der Waals surface area contributed by atoms with E-state index in [4.69, 9.17) is 14.3 Å². The number of nitro groups is 1. The van der Waals surface area contributed by atoms with Crippen molar-refractivity contribution < 1.29 is 28.8 Å². The SMILES string of the molecule is CCOc1ccc(N2C(=O)[C@H]3[C@@H](c4ccc(OC)c(Br)c4)N(c4cccc([N+](=O)[O-])c4)O[C@H]3C2=O)cc1. The smallest absolute Gasteiger partial charge is 0.271 e. The average molecular weight is 568 g/mol. The molecule has 37 heavy (non-hydrogen) atoms. The fourth-order valence-electron chi connectivity index (χ4n) is 4.70. The van der Waals surface area contributed by atoms with Gasteiger partial charge in [0.2, 0.25) is 5.91 Å². The zero-order valence-corrected chi connectivity index (χ0v) is 21.5. The van der Waals surface area contributed by atoms with E-state index in [2.05, 4.69) is 15.9 Å². The molecule has 5 rings (SSSR count). The molecule has 3 atom stereocenters. The highest BCUT2D eigenvalue weighted by atomic mass is 79.9. The Morgan fingerprint density at radius 3 is 2.43 bits per heavy atom. The summed E-state index contributed by atoms with van der Waals surface area (Å²) in [6.07, 6.45) is -1.11. The van der Waals surface area contributed by atoms with Gasteiger partial charge in [-0.1, -0.05) is 12.1 Å². The number of anilines is 2. The van der Waals surface area contributed by atoms with Gasteiger partial charge in [-0.3, -0.25) is 24.5 Å². The Balaban J connectivity index is 1.57. The van der Waals surface area contributed by atoms with E-state index in [1.54, 1.807) is 48.5 Å². The first-order valence-corrected chi connectivity index (χ1v) is 12.3. The lowest BCUT2D eigenvalue weighted by molar-refractivity contribution is -0.384. The van der Waals surface area contributed by atoms with Crippen LogP contribution in [-0.2, 0) is 14.4 Å². The summed E-state index contributed by atoms with van der Waals surface area (Å²) in [5.74, 6) is -0.613. The van der Waals surface area contributed by atoms with Gasteiger partial charge in [-0.2, -0.15) is 0 Å². The molecule has 190 valence electrons. The second-order valence-electron chi connectivity index (χ2n) is 8.43. The molecule has 3 aromatic rings. The average Bonchev–Trinajstić information content (AvgIpc) is 3.40. The summed E-state index contributed by atoms with van der Waals surface area (Å²) >= 11 is 3.48. The molecule has 0 unspecified atom stereocenters. The van der Waals surface area contributed by atoms with Crippen LogP contribution in [-0.4, -0.2) is 36.6 Å². The summed E-state index contributed by atoms with van der Waals surface area (Å²) in [6.45, 7) is 2.36. The summed E-state index contributed by atoms with van der Waals surface area (Å²) < 4.78 is 11.4. The number of imide groups is 1. The summed E-state index contributed by atoms with van der Waals surface area (Å²) in [5.41, 5.74) is 1.30. The number of carbonyl (C=O) groups excluding carboxylic acids is 2. The van der Waals surface area contributed by atoms with Gasteiger partial charge in [0.15, 0.2) is 6.10 Å². The monoisotopic (exact) mass is 567 g/mol. The number of rotatable bonds is 7. The highest BCUT2D eigenvalue weighted by Gasteiger charge is 2.60. The second kappa shape index (κ2) is 9.83. The molecule has 0 aliphatic carbocycles. The number of methoxy groups -OCH3 is 1. The van der Waals surface area contributed by atoms with Crippen LogP contribution in [0.4, 0.5) is 17.1 Å². The lowest BCUT2D eigenvalue weighted by Crippen LogP contribution is -2.37. The molecule has 0 aromatic heterocycles. The Hall–Kier alpha value is -3.96. The number of ether oxygens (including phenoxy) is 2. The van der Waals surface area contributed by atoms with E-state index in [0.717, 1.165) is 4.90 Å². The quantitative estimate of drug-likeness (QED) is 0.227. The number of benzene rings is 3. The molecule has 2 aliphatic rings. The minimum absolute atomic E-state index is 0.138. The van der Waals surface area contributed by atoms with Crippen LogP contribution in [0.1, 0.15) is 18.5 Å². The van der Waals surface area contributed by atoms with Crippen molar-refractivity contribution in [3.63, 3.8) is 0 Å². The van der Waals surface area contributed by atoms with E-state index >= 15 is 0 Å². The summed E-state index contributed by atoms with van der Waals surface area (Å²) in [6, 6.07) is 17.2. The normalized spacial score (nSPS) is 20.8. The predicted molar refractivity (Wildman–Crippen MR) is 137 cm³/mol. The van der Waals surface area contributed by atoms with Gasteiger partial charge in [0, 0.05) is 12.1 Å². The van der Waals surface area contributed by atoms with E-state index in [1.165, 1.54) is 30.4 Å². The molecule has 0 spiro atoms. The summed E-state index contributed by atoms with van der Waals surface area (Å²) in [7, 11) is 1.54. The van der Waals surface area contributed by atoms with E-state index in [-0.39, 0.29) is 5.69 Å². The molecule has 0 bridgehead atoms. The molecule has 2 amide bonds. The first-order chi connectivity index (χ1) is 17.8. The van der Waals surface area contributed by atoms with E-state index in [9.17, 15) is 19.7 Å².